The summed E-state index contributed by atoms with van der Waals surface area (Å²) in [6, 6.07) is 3.74. The van der Waals surface area contributed by atoms with E-state index in [1.54, 1.807) is 6.92 Å². The molecule has 0 atom stereocenters. The Morgan fingerprint density at radius 3 is 2.83 bits per heavy atom. The fraction of sp³-hybridized carbons (Fsp3) is 0.278. The van der Waals surface area contributed by atoms with Crippen LogP contribution in [0.15, 0.2) is 28.8 Å². The first-order chi connectivity index (χ1) is 13.8. The third-order valence-electron chi connectivity index (χ3n) is 4.24. The number of rotatable bonds is 3. The zero-order valence-electron chi connectivity index (χ0n) is 15.1. The van der Waals surface area contributed by atoms with Crippen LogP contribution in [0, 0.1) is 6.92 Å². The van der Waals surface area contributed by atoms with Gasteiger partial charge in [-0.1, -0.05) is 11.2 Å². The Kier molecular flexibility index (Phi) is 5.01. The number of hydrogen-bond donors (Lipinski definition) is 2. The molecule has 152 valence electrons. The first-order valence-electron chi connectivity index (χ1n) is 8.59. The number of anilines is 2. The second-order valence-electron chi connectivity index (χ2n) is 6.31. The highest BCUT2D eigenvalue weighted by Crippen LogP contribution is 2.42. The van der Waals surface area contributed by atoms with Crippen LogP contribution in [0.3, 0.4) is 0 Å². The highest BCUT2D eigenvalue weighted by Gasteiger charge is 2.31. The van der Waals surface area contributed by atoms with Gasteiger partial charge in [-0.05, 0) is 37.1 Å². The molecule has 4 rings (SSSR count). The van der Waals surface area contributed by atoms with Gasteiger partial charge in [0.05, 0.1) is 24.3 Å². The lowest BCUT2D eigenvalue weighted by molar-refractivity contribution is -0.137. The molecular formula is C18H15F3N4O3S. The summed E-state index contributed by atoms with van der Waals surface area (Å²) in [5, 5.41) is 9.37. The maximum atomic E-state index is 12.9. The molecule has 3 heterocycles. The van der Waals surface area contributed by atoms with Crippen LogP contribution in [0.1, 0.15) is 21.8 Å². The molecule has 0 saturated heterocycles. The first-order valence-corrected chi connectivity index (χ1v) is 9.41. The van der Waals surface area contributed by atoms with Crippen molar-refractivity contribution >= 4 is 28.1 Å². The molecule has 0 spiro atoms. The molecule has 0 bridgehead atoms. The number of benzene rings is 1. The van der Waals surface area contributed by atoms with Crippen molar-refractivity contribution < 1.29 is 27.2 Å². The lowest BCUT2D eigenvalue weighted by atomic mass is 10.1. The zero-order chi connectivity index (χ0) is 20.6. The van der Waals surface area contributed by atoms with Crippen molar-refractivity contribution in [1.29, 1.82) is 0 Å². The van der Waals surface area contributed by atoms with Crippen LogP contribution >= 0.6 is 11.3 Å². The fourth-order valence-corrected chi connectivity index (χ4v) is 4.16. The van der Waals surface area contributed by atoms with Crippen molar-refractivity contribution in [3.8, 4) is 11.5 Å². The number of nitrogens with zero attached hydrogens (tertiary/aromatic N) is 2. The summed E-state index contributed by atoms with van der Waals surface area (Å²) < 4.78 is 49.3. The van der Waals surface area contributed by atoms with Crippen LogP contribution < -0.4 is 10.6 Å². The summed E-state index contributed by atoms with van der Waals surface area (Å²) in [6.45, 7) is 2.61. The van der Waals surface area contributed by atoms with Crippen LogP contribution in [-0.4, -0.2) is 22.8 Å². The van der Waals surface area contributed by atoms with Gasteiger partial charge in [-0.15, -0.1) is 11.3 Å². The lowest BCUT2D eigenvalue weighted by Gasteiger charge is -2.12. The van der Waals surface area contributed by atoms with Crippen molar-refractivity contribution in [1.82, 2.24) is 10.1 Å². The predicted octanol–water partition coefficient (Wildman–Crippen LogP) is 4.84. The topological polar surface area (TPSA) is 89.3 Å². The van der Waals surface area contributed by atoms with Gasteiger partial charge >= 0.3 is 12.2 Å². The SMILES string of the molecule is Cc1noc(-c2c(NC(=O)Nc3cccc(C(F)(F)F)c3)sc3c2CCOC3)n1. The molecule has 2 aromatic heterocycles. The third-order valence-corrected chi connectivity index (χ3v) is 5.36. The van der Waals surface area contributed by atoms with E-state index in [1.807, 2.05) is 0 Å². The largest absolute Gasteiger partial charge is 0.416 e. The van der Waals surface area contributed by atoms with E-state index in [4.69, 9.17) is 9.26 Å². The number of nitrogens with one attached hydrogen (secondary N) is 2. The van der Waals surface area contributed by atoms with E-state index in [0.717, 1.165) is 22.6 Å². The van der Waals surface area contributed by atoms with E-state index in [9.17, 15) is 18.0 Å². The van der Waals surface area contributed by atoms with Crippen LogP contribution in [0.4, 0.5) is 28.7 Å². The van der Waals surface area contributed by atoms with Gasteiger partial charge in [-0.3, -0.25) is 5.32 Å². The molecule has 2 N–H and O–H groups in total. The number of carbonyl (C=O) groups excluding carboxylic acids is 1. The molecule has 29 heavy (non-hydrogen) atoms. The number of hydrogen-bond acceptors (Lipinski definition) is 6. The lowest BCUT2D eigenvalue weighted by Crippen LogP contribution is -2.19. The Morgan fingerprint density at radius 2 is 2.10 bits per heavy atom. The van der Waals surface area contributed by atoms with Gasteiger partial charge in [0.2, 0.25) is 0 Å². The van der Waals surface area contributed by atoms with Gasteiger partial charge in [-0.2, -0.15) is 18.2 Å². The Labute approximate surface area is 166 Å². The molecule has 1 aliphatic rings. The van der Waals surface area contributed by atoms with Crippen molar-refractivity contribution in [2.45, 2.75) is 26.1 Å². The molecule has 1 aromatic carbocycles. The molecule has 0 aliphatic carbocycles. The van der Waals surface area contributed by atoms with Crippen molar-refractivity contribution in [2.24, 2.45) is 0 Å². The van der Waals surface area contributed by atoms with Crippen LogP contribution in [0.2, 0.25) is 0 Å². The number of aryl methyl sites for hydroxylation is 1. The maximum absolute atomic E-state index is 12.9. The summed E-state index contributed by atoms with van der Waals surface area (Å²) in [6.07, 6.45) is -3.87. The number of alkyl halides is 3. The van der Waals surface area contributed by atoms with Gasteiger partial charge in [0.15, 0.2) is 5.82 Å². The Hall–Kier alpha value is -2.92. The Morgan fingerprint density at radius 1 is 1.28 bits per heavy atom. The second-order valence-corrected chi connectivity index (χ2v) is 7.42. The third kappa shape index (κ3) is 4.10. The van der Waals surface area contributed by atoms with Gasteiger partial charge in [0, 0.05) is 10.6 Å². The van der Waals surface area contributed by atoms with Gasteiger partial charge in [0.1, 0.15) is 5.00 Å². The van der Waals surface area contributed by atoms with E-state index in [0.29, 0.717) is 36.0 Å². The van der Waals surface area contributed by atoms with Crippen LogP contribution in [0.5, 0.6) is 0 Å². The first kappa shape index (κ1) is 19.4. The molecule has 7 nitrogen and oxygen atoms in total. The highest BCUT2D eigenvalue weighted by atomic mass is 32.1. The maximum Gasteiger partial charge on any atom is 0.416 e. The molecule has 0 fully saturated rings. The quantitative estimate of drug-likeness (QED) is 0.628. The van der Waals surface area contributed by atoms with Crippen molar-refractivity contribution in [2.75, 3.05) is 17.2 Å². The molecule has 2 amide bonds. The number of thiophene rings is 1. The summed E-state index contributed by atoms with van der Waals surface area (Å²) in [7, 11) is 0. The molecule has 11 heteroatoms. The van der Waals surface area contributed by atoms with Crippen molar-refractivity contribution in [3.63, 3.8) is 0 Å². The van der Waals surface area contributed by atoms with Crippen LogP contribution in [-0.2, 0) is 23.9 Å². The number of aromatic nitrogens is 2. The zero-order valence-corrected chi connectivity index (χ0v) is 15.9. The minimum absolute atomic E-state index is 0.0252. The smallest absolute Gasteiger partial charge is 0.376 e. The normalized spacial score (nSPS) is 13.8. The number of ether oxygens (including phenoxy) is 1. The van der Waals surface area contributed by atoms with E-state index in [2.05, 4.69) is 20.8 Å². The average Bonchev–Trinajstić information content (AvgIpc) is 3.23. The van der Waals surface area contributed by atoms with E-state index in [1.165, 1.54) is 23.5 Å². The molecule has 1 aliphatic heterocycles. The van der Waals surface area contributed by atoms with E-state index < -0.39 is 17.8 Å². The molecule has 0 saturated carbocycles. The summed E-state index contributed by atoms with van der Waals surface area (Å²) in [5.74, 6) is 0.725. The predicted molar refractivity (Wildman–Crippen MR) is 99.8 cm³/mol. The van der Waals surface area contributed by atoms with Gasteiger partial charge < -0.3 is 14.6 Å². The standard InChI is InChI=1S/C18H15F3N4O3S/c1-9-22-15(28-25-9)14-12-5-6-27-8-13(12)29-16(14)24-17(26)23-11-4-2-3-10(7-11)18(19,20)21/h2-4,7H,5-6,8H2,1H3,(H2,23,24,26). The minimum atomic E-state index is -4.50. The highest BCUT2D eigenvalue weighted by molar-refractivity contribution is 7.17. The summed E-state index contributed by atoms with van der Waals surface area (Å²) in [5.41, 5.74) is 0.755. The minimum Gasteiger partial charge on any atom is -0.376 e. The molecular weight excluding hydrogens is 409 g/mol. The number of fused-ring (bicyclic) bond motifs is 1. The van der Waals surface area contributed by atoms with Gasteiger partial charge in [0.25, 0.3) is 5.89 Å². The molecule has 3 aromatic rings. The van der Waals surface area contributed by atoms with Gasteiger partial charge in [-0.25, -0.2) is 4.79 Å². The van der Waals surface area contributed by atoms with Crippen molar-refractivity contribution in [3.05, 3.63) is 46.1 Å². The monoisotopic (exact) mass is 424 g/mol. The number of amides is 2. The molecule has 0 unspecified atom stereocenters. The van der Waals surface area contributed by atoms with Crippen LogP contribution in [0.25, 0.3) is 11.5 Å². The number of halogens is 3. The Bertz CT molecular complexity index is 1060. The number of urea groups is 1. The fourth-order valence-electron chi connectivity index (χ4n) is 2.98. The summed E-state index contributed by atoms with van der Waals surface area (Å²) in [4.78, 5) is 17.6. The molecule has 0 radical (unpaired) electrons. The average molecular weight is 424 g/mol. The van der Waals surface area contributed by atoms with E-state index >= 15 is 0 Å². The number of carbonyl (C=O) groups is 1. The van der Waals surface area contributed by atoms with E-state index in [-0.39, 0.29) is 11.6 Å². The Balaban J connectivity index is 1.60. The summed E-state index contributed by atoms with van der Waals surface area (Å²) >= 11 is 1.31. The second kappa shape index (κ2) is 7.48.